The van der Waals surface area contributed by atoms with E-state index >= 15 is 0 Å². The summed E-state index contributed by atoms with van der Waals surface area (Å²) in [6.07, 6.45) is 3.75. The number of aryl methyl sites for hydroxylation is 1. The molecule has 0 radical (unpaired) electrons. The van der Waals surface area contributed by atoms with E-state index in [1.54, 1.807) is 22.4 Å². The molecule has 0 amide bonds. The molecule has 2 heterocycles. The van der Waals surface area contributed by atoms with Crippen LogP contribution in [-0.2, 0) is 6.54 Å². The van der Waals surface area contributed by atoms with Gasteiger partial charge in [-0.1, -0.05) is 6.07 Å². The Hall–Kier alpha value is -1.23. The molecule has 0 fully saturated rings. The summed E-state index contributed by atoms with van der Waals surface area (Å²) in [6, 6.07) is 5.53. The number of fused-ring (bicyclic) bond motifs is 1. The van der Waals surface area contributed by atoms with E-state index in [-0.39, 0.29) is 5.69 Å². The third-order valence-corrected chi connectivity index (χ3v) is 2.59. The number of thioether (sulfide) groups is 1. The van der Waals surface area contributed by atoms with Gasteiger partial charge in [0.2, 0.25) is 0 Å². The topological polar surface area (TPSA) is 39.3 Å². The van der Waals surface area contributed by atoms with Gasteiger partial charge in [-0.05, 0) is 18.4 Å². The number of rotatable bonds is 3. The zero-order valence-corrected chi connectivity index (χ0v) is 8.70. The van der Waals surface area contributed by atoms with E-state index in [0.29, 0.717) is 12.2 Å². The molecule has 2 aromatic heterocycles. The summed E-state index contributed by atoms with van der Waals surface area (Å²) >= 11 is 1.71. The monoisotopic (exact) mass is 209 g/mol. The number of hydrogen-bond acceptors (Lipinski definition) is 3. The van der Waals surface area contributed by atoms with Gasteiger partial charge in [-0.2, -0.15) is 11.8 Å². The van der Waals surface area contributed by atoms with Crippen molar-refractivity contribution in [3.8, 4) is 0 Å². The smallest absolute Gasteiger partial charge is 0.250 e. The van der Waals surface area contributed by atoms with E-state index in [0.717, 1.165) is 5.75 Å². The highest BCUT2D eigenvalue weighted by molar-refractivity contribution is 7.98. The van der Waals surface area contributed by atoms with Crippen LogP contribution in [0.5, 0.6) is 0 Å². The second-order valence-electron chi connectivity index (χ2n) is 2.93. The van der Waals surface area contributed by atoms with Crippen LogP contribution in [0.4, 0.5) is 0 Å². The molecule has 0 aromatic carbocycles. The second-order valence-corrected chi connectivity index (χ2v) is 3.91. The van der Waals surface area contributed by atoms with Crippen LogP contribution in [0.15, 0.2) is 29.2 Å². The fourth-order valence-electron chi connectivity index (χ4n) is 1.29. The lowest BCUT2D eigenvalue weighted by molar-refractivity contribution is 0.640. The van der Waals surface area contributed by atoms with Crippen molar-refractivity contribution in [2.75, 3.05) is 12.0 Å². The molecule has 0 saturated carbocycles. The van der Waals surface area contributed by atoms with Crippen molar-refractivity contribution >= 4 is 17.4 Å². The van der Waals surface area contributed by atoms with Gasteiger partial charge in [0.25, 0.3) is 0 Å². The minimum atomic E-state index is -0.0605. The standard InChI is InChI=1S/C9H11N3OS/c1-14-7-6-12-9(13)11-5-3-2-4-8(11)10-12/h2-5H,6-7H2,1H3. The third kappa shape index (κ3) is 1.55. The van der Waals surface area contributed by atoms with Crippen LogP contribution in [0.25, 0.3) is 5.65 Å². The Morgan fingerprint density at radius 3 is 3.07 bits per heavy atom. The summed E-state index contributed by atoms with van der Waals surface area (Å²) in [6.45, 7) is 0.668. The molecule has 0 saturated heterocycles. The van der Waals surface area contributed by atoms with Gasteiger partial charge in [-0.15, -0.1) is 5.10 Å². The van der Waals surface area contributed by atoms with E-state index in [2.05, 4.69) is 5.10 Å². The molecule has 0 N–H and O–H groups in total. The predicted molar refractivity (Wildman–Crippen MR) is 57.8 cm³/mol. The maximum Gasteiger partial charge on any atom is 0.350 e. The van der Waals surface area contributed by atoms with Gasteiger partial charge in [-0.25, -0.2) is 9.48 Å². The molecule has 0 atom stereocenters. The average Bonchev–Trinajstić information content (AvgIpc) is 2.54. The number of aromatic nitrogens is 3. The van der Waals surface area contributed by atoms with Gasteiger partial charge in [0.15, 0.2) is 5.65 Å². The minimum Gasteiger partial charge on any atom is -0.250 e. The van der Waals surface area contributed by atoms with Gasteiger partial charge < -0.3 is 0 Å². The summed E-state index contributed by atoms with van der Waals surface area (Å²) in [5.41, 5.74) is 0.647. The highest BCUT2D eigenvalue weighted by Gasteiger charge is 2.03. The highest BCUT2D eigenvalue weighted by atomic mass is 32.2. The summed E-state index contributed by atoms with van der Waals surface area (Å²) in [5.74, 6) is 0.907. The maximum atomic E-state index is 11.7. The summed E-state index contributed by atoms with van der Waals surface area (Å²) in [5, 5.41) is 4.20. The Kier molecular flexibility index (Phi) is 2.58. The summed E-state index contributed by atoms with van der Waals surface area (Å²) in [4.78, 5) is 11.7. The zero-order chi connectivity index (χ0) is 9.97. The molecule has 5 heteroatoms. The normalized spacial score (nSPS) is 10.9. The number of hydrogen-bond donors (Lipinski definition) is 0. The van der Waals surface area contributed by atoms with Gasteiger partial charge in [-0.3, -0.25) is 4.40 Å². The van der Waals surface area contributed by atoms with Crippen LogP contribution in [0.3, 0.4) is 0 Å². The van der Waals surface area contributed by atoms with E-state index in [9.17, 15) is 4.79 Å². The van der Waals surface area contributed by atoms with Gasteiger partial charge in [0.1, 0.15) is 0 Å². The quantitative estimate of drug-likeness (QED) is 0.752. The fourth-order valence-corrected chi connectivity index (χ4v) is 1.65. The molecule has 74 valence electrons. The molecule has 0 aliphatic carbocycles. The predicted octanol–water partition coefficient (Wildman–Crippen LogP) is 0.859. The number of nitrogens with zero attached hydrogens (tertiary/aromatic N) is 3. The molecule has 4 nitrogen and oxygen atoms in total. The van der Waals surface area contributed by atoms with Gasteiger partial charge >= 0.3 is 5.69 Å². The van der Waals surface area contributed by atoms with Crippen LogP contribution in [0.1, 0.15) is 0 Å². The first-order valence-electron chi connectivity index (χ1n) is 4.36. The summed E-state index contributed by atoms with van der Waals surface area (Å²) < 4.78 is 3.06. The first-order valence-corrected chi connectivity index (χ1v) is 5.75. The fraction of sp³-hybridized carbons (Fsp3) is 0.333. The second kappa shape index (κ2) is 3.88. The van der Waals surface area contributed by atoms with E-state index in [4.69, 9.17) is 0 Å². The van der Waals surface area contributed by atoms with Crippen molar-refractivity contribution in [1.29, 1.82) is 0 Å². The van der Waals surface area contributed by atoms with Crippen LogP contribution < -0.4 is 5.69 Å². The molecule has 0 aliphatic heterocycles. The maximum absolute atomic E-state index is 11.7. The lowest BCUT2D eigenvalue weighted by Crippen LogP contribution is -2.21. The average molecular weight is 209 g/mol. The molecule has 14 heavy (non-hydrogen) atoms. The SMILES string of the molecule is CSCCn1nc2ccccn2c1=O. The molecule has 0 spiro atoms. The number of pyridine rings is 1. The molecule has 2 aromatic rings. The third-order valence-electron chi connectivity index (χ3n) is 2.00. The van der Waals surface area contributed by atoms with Crippen molar-refractivity contribution in [1.82, 2.24) is 14.2 Å². The minimum absolute atomic E-state index is 0.0605. The van der Waals surface area contributed by atoms with E-state index in [1.807, 2.05) is 24.5 Å². The molecule has 2 rings (SSSR count). The highest BCUT2D eigenvalue weighted by Crippen LogP contribution is 1.97. The van der Waals surface area contributed by atoms with E-state index in [1.165, 1.54) is 4.68 Å². The molecule has 0 unspecified atom stereocenters. The summed E-state index contributed by atoms with van der Waals surface area (Å²) in [7, 11) is 0. The van der Waals surface area contributed by atoms with Crippen molar-refractivity contribution in [3.63, 3.8) is 0 Å². The van der Waals surface area contributed by atoms with E-state index < -0.39 is 0 Å². The molecular weight excluding hydrogens is 198 g/mol. The Morgan fingerprint density at radius 1 is 1.50 bits per heavy atom. The van der Waals surface area contributed by atoms with Gasteiger partial charge in [0.05, 0.1) is 6.54 Å². The first-order chi connectivity index (χ1) is 6.83. The zero-order valence-electron chi connectivity index (χ0n) is 7.88. The lowest BCUT2D eigenvalue weighted by atomic mass is 10.5. The molecular formula is C9H11N3OS. The van der Waals surface area contributed by atoms with Gasteiger partial charge in [0, 0.05) is 11.9 Å². The van der Waals surface area contributed by atoms with Crippen LogP contribution in [0, 0.1) is 0 Å². The Balaban J connectivity index is 2.47. The Morgan fingerprint density at radius 2 is 2.36 bits per heavy atom. The lowest BCUT2D eigenvalue weighted by Gasteiger charge is -1.94. The molecule has 0 aliphatic rings. The van der Waals surface area contributed by atoms with Crippen molar-refractivity contribution in [3.05, 3.63) is 34.9 Å². The first kappa shape index (κ1) is 9.33. The van der Waals surface area contributed by atoms with Crippen molar-refractivity contribution in [2.45, 2.75) is 6.54 Å². The van der Waals surface area contributed by atoms with Crippen LogP contribution in [0.2, 0.25) is 0 Å². The van der Waals surface area contributed by atoms with Crippen LogP contribution >= 0.6 is 11.8 Å². The Labute approximate surface area is 85.5 Å². The van der Waals surface area contributed by atoms with Crippen molar-refractivity contribution < 1.29 is 0 Å². The largest absolute Gasteiger partial charge is 0.350 e. The molecule has 0 bridgehead atoms. The Bertz CT molecular complexity index is 488. The van der Waals surface area contributed by atoms with Crippen LogP contribution in [-0.4, -0.2) is 26.2 Å². The van der Waals surface area contributed by atoms with Crippen molar-refractivity contribution in [2.24, 2.45) is 0 Å².